The first-order chi connectivity index (χ1) is 13.0. The van der Waals surface area contributed by atoms with Gasteiger partial charge in [-0.2, -0.15) is 0 Å². The number of aryl methyl sites for hydroxylation is 1. The second-order valence-corrected chi connectivity index (χ2v) is 6.45. The maximum Gasteiger partial charge on any atom is 0.270 e. The van der Waals surface area contributed by atoms with Crippen LogP contribution in [0.3, 0.4) is 0 Å². The summed E-state index contributed by atoms with van der Waals surface area (Å²) < 4.78 is 0. The number of amides is 2. The predicted molar refractivity (Wildman–Crippen MR) is 106 cm³/mol. The minimum absolute atomic E-state index is 0.182. The number of halogens is 1. The molecule has 0 aliphatic heterocycles. The second-order valence-electron chi connectivity index (χ2n) is 6.01. The van der Waals surface area contributed by atoms with Crippen LogP contribution in [0.15, 0.2) is 66.9 Å². The molecule has 0 radical (unpaired) electrons. The standard InChI is InChI=1S/C21H18ClN3O2/c1-14-7-8-17(22)12-18(14)25-20(26)16-9-10-23-19(11-16)21(27)24-13-15-5-3-2-4-6-15/h2-12H,13H2,1H3,(H,24,27)(H,25,26). The summed E-state index contributed by atoms with van der Waals surface area (Å²) in [5.74, 6) is -0.674. The third kappa shape index (κ3) is 4.92. The highest BCUT2D eigenvalue weighted by Crippen LogP contribution is 2.21. The van der Waals surface area contributed by atoms with Crippen LogP contribution in [-0.4, -0.2) is 16.8 Å². The molecule has 1 heterocycles. The van der Waals surface area contributed by atoms with Gasteiger partial charge in [0.2, 0.25) is 0 Å². The molecule has 0 saturated heterocycles. The Balaban J connectivity index is 1.69. The summed E-state index contributed by atoms with van der Waals surface area (Å²) in [7, 11) is 0. The molecule has 5 nitrogen and oxygen atoms in total. The van der Waals surface area contributed by atoms with E-state index in [0.29, 0.717) is 22.8 Å². The van der Waals surface area contributed by atoms with Crippen LogP contribution >= 0.6 is 11.6 Å². The van der Waals surface area contributed by atoms with Crippen molar-refractivity contribution in [2.75, 3.05) is 5.32 Å². The van der Waals surface area contributed by atoms with Crippen molar-refractivity contribution >= 4 is 29.1 Å². The van der Waals surface area contributed by atoms with Crippen LogP contribution in [0.25, 0.3) is 0 Å². The van der Waals surface area contributed by atoms with Crippen molar-refractivity contribution in [3.63, 3.8) is 0 Å². The summed E-state index contributed by atoms with van der Waals surface area (Å²) in [5.41, 5.74) is 3.02. The molecule has 27 heavy (non-hydrogen) atoms. The van der Waals surface area contributed by atoms with Gasteiger partial charge >= 0.3 is 0 Å². The van der Waals surface area contributed by atoms with E-state index in [0.717, 1.165) is 11.1 Å². The molecule has 0 fully saturated rings. The van der Waals surface area contributed by atoms with Gasteiger partial charge in [0, 0.05) is 29.0 Å². The summed E-state index contributed by atoms with van der Waals surface area (Å²) in [6.45, 7) is 2.26. The van der Waals surface area contributed by atoms with E-state index < -0.39 is 0 Å². The molecule has 3 aromatic rings. The zero-order chi connectivity index (χ0) is 19.2. The number of nitrogens with one attached hydrogen (secondary N) is 2. The lowest BCUT2D eigenvalue weighted by Gasteiger charge is -2.10. The number of carbonyl (C=O) groups is 2. The highest BCUT2D eigenvalue weighted by molar-refractivity contribution is 6.31. The minimum Gasteiger partial charge on any atom is -0.347 e. The number of hydrogen-bond donors (Lipinski definition) is 2. The average molecular weight is 380 g/mol. The summed E-state index contributed by atoms with van der Waals surface area (Å²) in [6.07, 6.45) is 1.44. The maximum atomic E-state index is 12.5. The first kappa shape index (κ1) is 18.6. The van der Waals surface area contributed by atoms with Crippen molar-refractivity contribution < 1.29 is 9.59 Å². The Morgan fingerprint density at radius 2 is 1.78 bits per heavy atom. The number of benzene rings is 2. The molecule has 1 aromatic heterocycles. The van der Waals surface area contributed by atoms with Crippen LogP contribution in [0.1, 0.15) is 32.0 Å². The Morgan fingerprint density at radius 3 is 2.56 bits per heavy atom. The van der Waals surface area contributed by atoms with Crippen LogP contribution in [0.4, 0.5) is 5.69 Å². The SMILES string of the molecule is Cc1ccc(Cl)cc1NC(=O)c1ccnc(C(=O)NCc2ccccc2)c1. The number of pyridine rings is 1. The summed E-state index contributed by atoms with van der Waals surface area (Å²) in [5, 5.41) is 6.14. The highest BCUT2D eigenvalue weighted by Gasteiger charge is 2.13. The van der Waals surface area contributed by atoms with Crippen LogP contribution < -0.4 is 10.6 Å². The quantitative estimate of drug-likeness (QED) is 0.697. The zero-order valence-electron chi connectivity index (χ0n) is 14.7. The van der Waals surface area contributed by atoms with Gasteiger partial charge in [0.15, 0.2) is 0 Å². The predicted octanol–water partition coefficient (Wildman–Crippen LogP) is 4.23. The molecule has 0 bridgehead atoms. The van der Waals surface area contributed by atoms with E-state index in [2.05, 4.69) is 15.6 Å². The van der Waals surface area contributed by atoms with Crippen molar-refractivity contribution in [1.82, 2.24) is 10.3 Å². The number of hydrogen-bond acceptors (Lipinski definition) is 3. The number of anilines is 1. The number of carbonyl (C=O) groups excluding carboxylic acids is 2. The molecular formula is C21H18ClN3O2. The molecule has 0 unspecified atom stereocenters. The first-order valence-corrected chi connectivity index (χ1v) is 8.76. The molecule has 0 saturated carbocycles. The number of nitrogens with zero attached hydrogens (tertiary/aromatic N) is 1. The molecule has 3 rings (SSSR count). The van der Waals surface area contributed by atoms with E-state index in [9.17, 15) is 9.59 Å². The molecule has 2 N–H and O–H groups in total. The third-order valence-electron chi connectivity index (χ3n) is 4.00. The average Bonchev–Trinajstić information content (AvgIpc) is 2.69. The van der Waals surface area contributed by atoms with E-state index in [4.69, 9.17) is 11.6 Å². The van der Waals surface area contributed by atoms with Gasteiger partial charge in [0.25, 0.3) is 11.8 Å². The monoisotopic (exact) mass is 379 g/mol. The summed E-state index contributed by atoms with van der Waals surface area (Å²) in [6, 6.07) is 17.9. The minimum atomic E-state index is -0.340. The van der Waals surface area contributed by atoms with Gasteiger partial charge in [-0.1, -0.05) is 48.0 Å². The van der Waals surface area contributed by atoms with Gasteiger partial charge in [-0.05, 0) is 42.3 Å². The second kappa shape index (κ2) is 8.47. The van der Waals surface area contributed by atoms with Gasteiger partial charge < -0.3 is 10.6 Å². The Morgan fingerprint density at radius 1 is 1.00 bits per heavy atom. The Bertz CT molecular complexity index is 974. The Kier molecular flexibility index (Phi) is 5.84. The normalized spacial score (nSPS) is 10.3. The molecule has 2 amide bonds. The lowest BCUT2D eigenvalue weighted by atomic mass is 10.1. The smallest absolute Gasteiger partial charge is 0.270 e. The van der Waals surface area contributed by atoms with Crippen molar-refractivity contribution in [2.45, 2.75) is 13.5 Å². The van der Waals surface area contributed by atoms with Crippen LogP contribution in [0.5, 0.6) is 0 Å². The van der Waals surface area contributed by atoms with E-state index in [1.54, 1.807) is 18.2 Å². The van der Waals surface area contributed by atoms with E-state index in [-0.39, 0.29) is 17.5 Å². The highest BCUT2D eigenvalue weighted by atomic mass is 35.5. The molecule has 6 heteroatoms. The van der Waals surface area contributed by atoms with Gasteiger partial charge in [-0.3, -0.25) is 14.6 Å². The van der Waals surface area contributed by atoms with Crippen molar-refractivity contribution in [1.29, 1.82) is 0 Å². The van der Waals surface area contributed by atoms with Crippen LogP contribution in [0.2, 0.25) is 5.02 Å². The van der Waals surface area contributed by atoms with Gasteiger partial charge in [-0.25, -0.2) is 0 Å². The van der Waals surface area contributed by atoms with E-state index >= 15 is 0 Å². The fraction of sp³-hybridized carbons (Fsp3) is 0.0952. The third-order valence-corrected chi connectivity index (χ3v) is 4.23. The molecule has 0 aliphatic rings. The van der Waals surface area contributed by atoms with E-state index in [1.807, 2.05) is 43.3 Å². The first-order valence-electron chi connectivity index (χ1n) is 8.38. The summed E-state index contributed by atoms with van der Waals surface area (Å²) >= 11 is 5.98. The summed E-state index contributed by atoms with van der Waals surface area (Å²) in [4.78, 5) is 28.9. The zero-order valence-corrected chi connectivity index (χ0v) is 15.5. The Labute approximate surface area is 162 Å². The largest absolute Gasteiger partial charge is 0.347 e. The molecule has 0 aliphatic carbocycles. The number of aromatic nitrogens is 1. The van der Waals surface area contributed by atoms with Gasteiger partial charge in [0.1, 0.15) is 5.69 Å². The topological polar surface area (TPSA) is 71.1 Å². The molecule has 2 aromatic carbocycles. The lowest BCUT2D eigenvalue weighted by molar-refractivity contribution is 0.0946. The van der Waals surface area contributed by atoms with Crippen LogP contribution in [-0.2, 0) is 6.54 Å². The maximum absolute atomic E-state index is 12.5. The molecular weight excluding hydrogens is 362 g/mol. The van der Waals surface area contributed by atoms with Crippen molar-refractivity contribution in [3.05, 3.63) is 94.3 Å². The number of rotatable bonds is 5. The molecule has 0 atom stereocenters. The Hall–Kier alpha value is -3.18. The molecule has 0 spiro atoms. The van der Waals surface area contributed by atoms with Gasteiger partial charge in [0.05, 0.1) is 0 Å². The van der Waals surface area contributed by atoms with Crippen molar-refractivity contribution in [3.8, 4) is 0 Å². The van der Waals surface area contributed by atoms with Crippen LogP contribution in [0, 0.1) is 6.92 Å². The lowest BCUT2D eigenvalue weighted by Crippen LogP contribution is -2.24. The van der Waals surface area contributed by atoms with Gasteiger partial charge in [-0.15, -0.1) is 0 Å². The van der Waals surface area contributed by atoms with E-state index in [1.165, 1.54) is 12.3 Å². The fourth-order valence-corrected chi connectivity index (χ4v) is 2.66. The molecule has 136 valence electrons. The fourth-order valence-electron chi connectivity index (χ4n) is 2.49. The van der Waals surface area contributed by atoms with Crippen molar-refractivity contribution in [2.24, 2.45) is 0 Å².